The van der Waals surface area contributed by atoms with Crippen molar-refractivity contribution in [1.82, 2.24) is 0 Å². The van der Waals surface area contributed by atoms with Crippen molar-refractivity contribution in [2.75, 3.05) is 6.61 Å². The minimum Gasteiger partial charge on any atom is -0.481 e. The quantitative estimate of drug-likeness (QED) is 0.0478. The number of carboxylic acid groups (broad SMARTS) is 1. The summed E-state index contributed by atoms with van der Waals surface area (Å²) in [7, 11) is 0. The smallest absolute Gasteiger partial charge is 0.307 e. The molecule has 41 heavy (non-hydrogen) atoms. The molecule has 0 aromatic carbocycles. The topological polar surface area (TPSA) is 63.6 Å². The van der Waals surface area contributed by atoms with Gasteiger partial charge in [0, 0.05) is 0 Å². The SMILES string of the molecule is CCCCCCCCCCCCC/C=C/CCCCCCCCCCCCCCCC(CC(=O)OCCC)C(=O)O. The molecule has 0 fully saturated rings. The third kappa shape index (κ3) is 31.4. The van der Waals surface area contributed by atoms with Crippen LogP contribution in [0.2, 0.25) is 0 Å². The van der Waals surface area contributed by atoms with Crippen LogP contribution in [-0.4, -0.2) is 23.7 Å². The first-order valence-corrected chi connectivity index (χ1v) is 18.1. The molecular weight excluding hydrogens is 508 g/mol. The fourth-order valence-electron chi connectivity index (χ4n) is 5.55. The lowest BCUT2D eigenvalue weighted by Gasteiger charge is -2.11. The van der Waals surface area contributed by atoms with Crippen LogP contribution in [0, 0.1) is 5.92 Å². The van der Waals surface area contributed by atoms with E-state index in [-0.39, 0.29) is 12.4 Å². The molecule has 0 rings (SSSR count). The first kappa shape index (κ1) is 39.7. The normalized spacial score (nSPS) is 12.2. The summed E-state index contributed by atoms with van der Waals surface area (Å²) in [4.78, 5) is 23.1. The highest BCUT2D eigenvalue weighted by molar-refractivity contribution is 5.78. The van der Waals surface area contributed by atoms with Gasteiger partial charge in [0.2, 0.25) is 0 Å². The fourth-order valence-corrected chi connectivity index (χ4v) is 5.55. The number of allylic oxidation sites excluding steroid dienone is 2. The number of carbonyl (C=O) groups excluding carboxylic acids is 1. The summed E-state index contributed by atoms with van der Waals surface area (Å²) in [5.74, 6) is -1.85. The van der Waals surface area contributed by atoms with Gasteiger partial charge >= 0.3 is 11.9 Å². The highest BCUT2D eigenvalue weighted by Crippen LogP contribution is 2.18. The molecule has 4 nitrogen and oxygen atoms in total. The van der Waals surface area contributed by atoms with Gasteiger partial charge in [0.05, 0.1) is 18.9 Å². The number of aliphatic carboxylic acids is 1. The van der Waals surface area contributed by atoms with Crippen molar-refractivity contribution in [3.63, 3.8) is 0 Å². The van der Waals surface area contributed by atoms with Crippen LogP contribution in [0.15, 0.2) is 12.2 Å². The van der Waals surface area contributed by atoms with E-state index < -0.39 is 11.9 Å². The summed E-state index contributed by atoms with van der Waals surface area (Å²) < 4.78 is 5.03. The van der Waals surface area contributed by atoms with E-state index in [0.29, 0.717) is 13.0 Å². The van der Waals surface area contributed by atoms with Gasteiger partial charge in [-0.25, -0.2) is 0 Å². The van der Waals surface area contributed by atoms with Crippen LogP contribution < -0.4 is 0 Å². The zero-order chi connectivity index (χ0) is 30.1. The van der Waals surface area contributed by atoms with Crippen LogP contribution in [0.5, 0.6) is 0 Å². The molecule has 242 valence electrons. The second-order valence-electron chi connectivity index (χ2n) is 12.4. The average Bonchev–Trinajstić information content (AvgIpc) is 2.96. The van der Waals surface area contributed by atoms with Crippen LogP contribution in [0.25, 0.3) is 0 Å². The van der Waals surface area contributed by atoms with Crippen molar-refractivity contribution >= 4 is 11.9 Å². The number of hydrogen-bond acceptors (Lipinski definition) is 3. The number of carbonyl (C=O) groups is 2. The van der Waals surface area contributed by atoms with Crippen molar-refractivity contribution in [1.29, 1.82) is 0 Å². The Morgan fingerprint density at radius 1 is 0.537 bits per heavy atom. The summed E-state index contributed by atoms with van der Waals surface area (Å²) in [5.41, 5.74) is 0. The van der Waals surface area contributed by atoms with E-state index in [0.717, 1.165) is 19.3 Å². The Morgan fingerprint density at radius 2 is 0.902 bits per heavy atom. The molecule has 0 aromatic rings. The van der Waals surface area contributed by atoms with E-state index in [2.05, 4.69) is 19.1 Å². The fraction of sp³-hybridized carbons (Fsp3) is 0.892. The number of rotatable bonds is 33. The van der Waals surface area contributed by atoms with Gasteiger partial charge in [0.15, 0.2) is 0 Å². The summed E-state index contributed by atoms with van der Waals surface area (Å²) in [6.07, 6.45) is 41.0. The summed E-state index contributed by atoms with van der Waals surface area (Å²) in [6.45, 7) is 4.60. The van der Waals surface area contributed by atoms with E-state index in [1.807, 2.05) is 6.92 Å². The molecule has 0 radical (unpaired) electrons. The van der Waals surface area contributed by atoms with Gasteiger partial charge in [-0.3, -0.25) is 9.59 Å². The van der Waals surface area contributed by atoms with Gasteiger partial charge in [0.25, 0.3) is 0 Å². The second-order valence-corrected chi connectivity index (χ2v) is 12.4. The molecule has 1 N–H and O–H groups in total. The zero-order valence-electron chi connectivity index (χ0n) is 27.6. The van der Waals surface area contributed by atoms with Crippen molar-refractivity contribution in [2.45, 2.75) is 200 Å². The predicted molar refractivity (Wildman–Crippen MR) is 176 cm³/mol. The zero-order valence-corrected chi connectivity index (χ0v) is 27.6. The maximum atomic E-state index is 11.7. The number of esters is 1. The molecular formula is C37H70O4. The molecule has 0 aliphatic heterocycles. The Morgan fingerprint density at radius 3 is 1.27 bits per heavy atom. The summed E-state index contributed by atoms with van der Waals surface area (Å²) in [6, 6.07) is 0. The maximum absolute atomic E-state index is 11.7. The van der Waals surface area contributed by atoms with Crippen LogP contribution in [0.4, 0.5) is 0 Å². The first-order valence-electron chi connectivity index (χ1n) is 18.1. The molecule has 0 spiro atoms. The van der Waals surface area contributed by atoms with E-state index in [1.165, 1.54) is 154 Å². The lowest BCUT2D eigenvalue weighted by Crippen LogP contribution is -2.19. The predicted octanol–water partition coefficient (Wildman–Crippen LogP) is 12.1. The van der Waals surface area contributed by atoms with Gasteiger partial charge in [-0.2, -0.15) is 0 Å². The molecule has 0 heterocycles. The third-order valence-electron chi connectivity index (χ3n) is 8.29. The maximum Gasteiger partial charge on any atom is 0.307 e. The molecule has 0 aromatic heterocycles. The van der Waals surface area contributed by atoms with Crippen LogP contribution in [0.3, 0.4) is 0 Å². The van der Waals surface area contributed by atoms with E-state index in [4.69, 9.17) is 4.74 Å². The van der Waals surface area contributed by atoms with Crippen molar-refractivity contribution in [3.05, 3.63) is 12.2 Å². The van der Waals surface area contributed by atoms with Crippen LogP contribution in [0.1, 0.15) is 200 Å². The lowest BCUT2D eigenvalue weighted by atomic mass is 9.97. The minimum atomic E-state index is -0.875. The molecule has 0 saturated heterocycles. The standard InChI is InChI=1S/C37H70O4/c1-3-5-6-7-8-9-10-11-12-13-14-15-16-17-18-19-20-21-22-23-24-25-26-27-28-29-30-31-32-35(37(39)40)34-36(38)41-33-4-2/h16-17,35H,3-15,18-34H2,1-2H3,(H,39,40)/b17-16+. The van der Waals surface area contributed by atoms with E-state index >= 15 is 0 Å². The van der Waals surface area contributed by atoms with Crippen molar-refractivity contribution < 1.29 is 19.4 Å². The molecule has 1 atom stereocenters. The number of ether oxygens (including phenoxy) is 1. The molecule has 4 heteroatoms. The molecule has 1 unspecified atom stereocenters. The van der Waals surface area contributed by atoms with Gasteiger partial charge in [0.1, 0.15) is 0 Å². The molecule has 0 aliphatic rings. The summed E-state index contributed by atoms with van der Waals surface area (Å²) >= 11 is 0. The Bertz CT molecular complexity index is 585. The Hall–Kier alpha value is -1.32. The molecule has 0 aliphatic carbocycles. The molecule has 0 amide bonds. The van der Waals surface area contributed by atoms with Gasteiger partial charge in [-0.05, 0) is 38.5 Å². The molecule has 0 bridgehead atoms. The monoisotopic (exact) mass is 579 g/mol. The second kappa shape index (κ2) is 33.2. The van der Waals surface area contributed by atoms with Crippen LogP contribution >= 0.6 is 0 Å². The van der Waals surface area contributed by atoms with Crippen LogP contribution in [-0.2, 0) is 14.3 Å². The number of hydrogen-bond donors (Lipinski definition) is 1. The Kier molecular flexibility index (Phi) is 32.1. The van der Waals surface area contributed by atoms with E-state index in [9.17, 15) is 14.7 Å². The highest BCUT2D eigenvalue weighted by Gasteiger charge is 2.21. The van der Waals surface area contributed by atoms with Gasteiger partial charge in [-0.1, -0.05) is 167 Å². The number of unbranched alkanes of at least 4 members (excludes halogenated alkanes) is 24. The summed E-state index contributed by atoms with van der Waals surface area (Å²) in [5, 5.41) is 9.34. The Labute approximate surface area is 255 Å². The van der Waals surface area contributed by atoms with Crippen molar-refractivity contribution in [3.8, 4) is 0 Å². The third-order valence-corrected chi connectivity index (χ3v) is 8.29. The van der Waals surface area contributed by atoms with Gasteiger partial charge < -0.3 is 9.84 Å². The minimum absolute atomic E-state index is 0.00584. The lowest BCUT2D eigenvalue weighted by molar-refractivity contribution is -0.151. The van der Waals surface area contributed by atoms with Gasteiger partial charge in [-0.15, -0.1) is 0 Å². The highest BCUT2D eigenvalue weighted by atomic mass is 16.5. The molecule has 0 saturated carbocycles. The first-order chi connectivity index (χ1) is 20.1. The average molecular weight is 579 g/mol. The van der Waals surface area contributed by atoms with E-state index in [1.54, 1.807) is 0 Å². The number of carboxylic acids is 1. The van der Waals surface area contributed by atoms with Crippen molar-refractivity contribution in [2.24, 2.45) is 5.92 Å². The largest absolute Gasteiger partial charge is 0.481 e. The Balaban J connectivity index is 3.31.